The topological polar surface area (TPSA) is 100 Å². The van der Waals surface area contributed by atoms with Crippen molar-refractivity contribution in [1.82, 2.24) is 19.7 Å². The van der Waals surface area contributed by atoms with Gasteiger partial charge in [0, 0.05) is 24.6 Å². The lowest BCUT2D eigenvalue weighted by Crippen LogP contribution is -2.33. The highest BCUT2D eigenvalue weighted by Gasteiger charge is 2.22. The number of fused-ring (bicyclic) bond motifs is 1. The molecule has 3 heterocycles. The van der Waals surface area contributed by atoms with Gasteiger partial charge in [0.2, 0.25) is 0 Å². The SMILES string of the molecule is COC(=O)c1cn(-c2ccc([C@@H](O)CN3CCCCC3)cc2)cc2c(=O)[nH]nc1-2. The third kappa shape index (κ3) is 3.94. The Balaban J connectivity index is 1.61. The Bertz CT molecular complexity index is 1020. The van der Waals surface area contributed by atoms with Crippen LogP contribution in [0.3, 0.4) is 0 Å². The number of aromatic nitrogens is 3. The van der Waals surface area contributed by atoms with E-state index in [2.05, 4.69) is 15.1 Å². The summed E-state index contributed by atoms with van der Waals surface area (Å²) < 4.78 is 6.51. The predicted molar refractivity (Wildman–Crippen MR) is 107 cm³/mol. The van der Waals surface area contributed by atoms with Gasteiger partial charge >= 0.3 is 5.97 Å². The van der Waals surface area contributed by atoms with Gasteiger partial charge in [-0.1, -0.05) is 18.6 Å². The van der Waals surface area contributed by atoms with Crippen LogP contribution in [0.2, 0.25) is 0 Å². The summed E-state index contributed by atoms with van der Waals surface area (Å²) in [6, 6.07) is 7.44. The summed E-state index contributed by atoms with van der Waals surface area (Å²) in [6.07, 6.45) is 6.30. The smallest absolute Gasteiger partial charge is 0.341 e. The molecule has 0 saturated carbocycles. The molecule has 1 aromatic carbocycles. The van der Waals surface area contributed by atoms with E-state index in [1.54, 1.807) is 17.0 Å². The Labute approximate surface area is 168 Å². The lowest BCUT2D eigenvalue weighted by molar-refractivity contribution is 0.0600. The second-order valence-electron chi connectivity index (χ2n) is 7.35. The van der Waals surface area contributed by atoms with E-state index >= 15 is 0 Å². The third-order valence-electron chi connectivity index (χ3n) is 5.42. The van der Waals surface area contributed by atoms with E-state index in [0.29, 0.717) is 12.1 Å². The minimum Gasteiger partial charge on any atom is -0.465 e. The number of hydrogen-bond acceptors (Lipinski definition) is 6. The Kier molecular flexibility index (Phi) is 5.46. The highest BCUT2D eigenvalue weighted by atomic mass is 16.5. The van der Waals surface area contributed by atoms with Gasteiger partial charge in [-0.05, 0) is 43.6 Å². The van der Waals surface area contributed by atoms with E-state index < -0.39 is 12.1 Å². The standard InChI is InChI=1S/C21H24N4O4/c1-29-21(28)17-12-25(11-16-19(17)22-23-20(16)27)15-7-5-14(6-8-15)18(26)13-24-9-3-2-4-10-24/h5-8,11-12,18,26H,2-4,9-10,13H2,1H3,(H,23,27)/t18-/m0/s1. The number of nitrogens with zero attached hydrogens (tertiary/aromatic N) is 3. The fraction of sp³-hybridized carbons (Fsp3) is 0.381. The molecule has 0 bridgehead atoms. The molecule has 0 amide bonds. The van der Waals surface area contributed by atoms with E-state index in [-0.39, 0.29) is 16.8 Å². The van der Waals surface area contributed by atoms with Crippen molar-refractivity contribution in [1.29, 1.82) is 0 Å². The van der Waals surface area contributed by atoms with Gasteiger partial charge in [-0.3, -0.25) is 4.79 Å². The number of esters is 1. The zero-order valence-corrected chi connectivity index (χ0v) is 16.3. The van der Waals surface area contributed by atoms with Crippen LogP contribution < -0.4 is 5.56 Å². The highest BCUT2D eigenvalue weighted by molar-refractivity contribution is 5.96. The van der Waals surface area contributed by atoms with Gasteiger partial charge in [0.1, 0.15) is 11.3 Å². The number of methoxy groups -OCH3 is 1. The van der Waals surface area contributed by atoms with Crippen molar-refractivity contribution >= 4 is 5.97 Å². The lowest BCUT2D eigenvalue weighted by Gasteiger charge is -2.28. The van der Waals surface area contributed by atoms with Gasteiger partial charge in [0.15, 0.2) is 0 Å². The molecule has 152 valence electrons. The van der Waals surface area contributed by atoms with Crippen LogP contribution in [-0.4, -0.2) is 57.5 Å². The van der Waals surface area contributed by atoms with E-state index in [1.165, 1.54) is 26.4 Å². The predicted octanol–water partition coefficient (Wildman–Crippen LogP) is 1.97. The Morgan fingerprint density at radius 2 is 1.93 bits per heavy atom. The van der Waals surface area contributed by atoms with E-state index in [9.17, 15) is 14.7 Å². The molecule has 0 unspecified atom stereocenters. The first-order chi connectivity index (χ1) is 14.1. The number of likely N-dealkylation sites (tertiary alicyclic amines) is 1. The van der Waals surface area contributed by atoms with Crippen LogP contribution in [0.4, 0.5) is 0 Å². The van der Waals surface area contributed by atoms with Gasteiger partial charge in [-0.15, -0.1) is 0 Å². The summed E-state index contributed by atoms with van der Waals surface area (Å²) in [6.45, 7) is 2.69. The quantitative estimate of drug-likeness (QED) is 0.640. The van der Waals surface area contributed by atoms with Gasteiger partial charge in [-0.25, -0.2) is 9.89 Å². The number of carbonyl (C=O) groups is 1. The van der Waals surface area contributed by atoms with Crippen LogP contribution in [0.5, 0.6) is 0 Å². The Morgan fingerprint density at radius 3 is 2.62 bits per heavy atom. The number of β-amino-alcohol motifs (C(OH)–C–C–N with tert-alkyl or cyclic N) is 1. The number of aliphatic hydroxyl groups excluding tert-OH is 1. The van der Waals surface area contributed by atoms with Crippen molar-refractivity contribution in [2.75, 3.05) is 26.7 Å². The van der Waals surface area contributed by atoms with Gasteiger partial charge in [-0.2, -0.15) is 5.10 Å². The number of aliphatic hydroxyl groups is 1. The normalized spacial score (nSPS) is 16.1. The zero-order chi connectivity index (χ0) is 20.4. The fourth-order valence-corrected chi connectivity index (χ4v) is 3.81. The van der Waals surface area contributed by atoms with Gasteiger partial charge < -0.3 is 19.3 Å². The third-order valence-corrected chi connectivity index (χ3v) is 5.42. The molecule has 0 aromatic heterocycles. The number of hydrogen-bond donors (Lipinski definition) is 2. The van der Waals surface area contributed by atoms with Crippen LogP contribution in [0.25, 0.3) is 16.9 Å². The molecule has 4 rings (SSSR count). The molecule has 1 atom stereocenters. The number of nitrogens with one attached hydrogen (secondary N) is 1. The van der Waals surface area contributed by atoms with Crippen molar-refractivity contribution in [2.45, 2.75) is 25.4 Å². The minimum atomic E-state index is -0.565. The van der Waals surface area contributed by atoms with E-state index in [1.807, 2.05) is 24.3 Å². The van der Waals surface area contributed by atoms with Crippen LogP contribution in [0, 0.1) is 0 Å². The van der Waals surface area contributed by atoms with Crippen molar-refractivity contribution in [3.8, 4) is 16.9 Å². The largest absolute Gasteiger partial charge is 0.465 e. The maximum atomic E-state index is 12.1. The first-order valence-electron chi connectivity index (χ1n) is 9.76. The second kappa shape index (κ2) is 8.18. The number of piperidine rings is 1. The van der Waals surface area contributed by atoms with Crippen molar-refractivity contribution < 1.29 is 14.6 Å². The first-order valence-corrected chi connectivity index (χ1v) is 9.76. The van der Waals surface area contributed by atoms with Crippen LogP contribution in [0.1, 0.15) is 41.3 Å². The van der Waals surface area contributed by atoms with E-state index in [4.69, 9.17) is 4.74 Å². The first kappa shape index (κ1) is 19.4. The number of H-pyrrole nitrogens is 1. The summed E-state index contributed by atoms with van der Waals surface area (Å²) in [5, 5.41) is 16.9. The summed E-state index contributed by atoms with van der Waals surface area (Å²) in [7, 11) is 1.29. The zero-order valence-electron chi connectivity index (χ0n) is 16.3. The van der Waals surface area contributed by atoms with Gasteiger partial charge in [0.25, 0.3) is 5.56 Å². The summed E-state index contributed by atoms with van der Waals surface area (Å²) in [4.78, 5) is 26.5. The Morgan fingerprint density at radius 1 is 1.21 bits per heavy atom. The van der Waals surface area contributed by atoms with Crippen molar-refractivity contribution in [3.05, 3.63) is 58.1 Å². The number of rotatable bonds is 5. The maximum Gasteiger partial charge on any atom is 0.341 e. The number of pyridine rings is 1. The molecule has 0 spiro atoms. The molecule has 3 aliphatic rings. The molecular formula is C21H24N4O4. The molecular weight excluding hydrogens is 372 g/mol. The maximum absolute atomic E-state index is 12.1. The molecule has 0 radical (unpaired) electrons. The Hall–Kier alpha value is -2.97. The number of ether oxygens (including phenoxy) is 1. The van der Waals surface area contributed by atoms with E-state index in [0.717, 1.165) is 24.3 Å². The highest BCUT2D eigenvalue weighted by Crippen LogP contribution is 2.24. The van der Waals surface area contributed by atoms with Crippen LogP contribution in [0.15, 0.2) is 41.5 Å². The fourth-order valence-electron chi connectivity index (χ4n) is 3.81. The molecule has 1 aromatic rings. The number of benzene rings is 1. The molecule has 29 heavy (non-hydrogen) atoms. The average Bonchev–Trinajstić information content (AvgIpc) is 3.14. The van der Waals surface area contributed by atoms with Gasteiger partial charge in [0.05, 0.1) is 18.8 Å². The number of carbonyl (C=O) groups excluding carboxylic acids is 1. The molecule has 1 saturated heterocycles. The summed E-state index contributed by atoms with van der Waals surface area (Å²) in [5.74, 6) is -0.565. The molecule has 8 heteroatoms. The second-order valence-corrected chi connectivity index (χ2v) is 7.35. The molecule has 2 N–H and O–H groups in total. The van der Waals surface area contributed by atoms with Crippen molar-refractivity contribution in [3.63, 3.8) is 0 Å². The average molecular weight is 396 g/mol. The van der Waals surface area contributed by atoms with Crippen LogP contribution in [-0.2, 0) is 4.74 Å². The lowest BCUT2D eigenvalue weighted by atomic mass is 10.1. The monoisotopic (exact) mass is 396 g/mol. The molecule has 1 fully saturated rings. The molecule has 0 aliphatic carbocycles. The number of aromatic amines is 1. The summed E-state index contributed by atoms with van der Waals surface area (Å²) >= 11 is 0. The van der Waals surface area contributed by atoms with Crippen LogP contribution >= 0.6 is 0 Å². The van der Waals surface area contributed by atoms with Crippen molar-refractivity contribution in [2.24, 2.45) is 0 Å². The summed E-state index contributed by atoms with van der Waals surface area (Å²) in [5.41, 5.74) is 2.02. The molecule has 8 nitrogen and oxygen atoms in total. The molecule has 3 aliphatic heterocycles. The minimum absolute atomic E-state index is 0.206.